The van der Waals surface area contributed by atoms with Crippen molar-refractivity contribution in [2.45, 2.75) is 20.3 Å². The summed E-state index contributed by atoms with van der Waals surface area (Å²) < 4.78 is 7.56. The summed E-state index contributed by atoms with van der Waals surface area (Å²) in [5, 5.41) is 9.10. The minimum atomic E-state index is 0.678. The molecular weight excluding hydrogens is 334 g/mol. The molecule has 0 spiro atoms. The lowest BCUT2D eigenvalue weighted by molar-refractivity contribution is 0.416. The maximum absolute atomic E-state index is 6.24. The molecule has 128 valence electrons. The first kappa shape index (κ1) is 16.0. The number of nitrogens with zero attached hydrogens (tertiary/aromatic N) is 2. The summed E-state index contributed by atoms with van der Waals surface area (Å²) in [6.07, 6.45) is 0.936. The largest absolute Gasteiger partial charge is 0.496 e. The summed E-state index contributed by atoms with van der Waals surface area (Å²) in [7, 11) is 1.67. The number of benzene rings is 2. The van der Waals surface area contributed by atoms with Crippen LogP contribution >= 0.6 is 11.6 Å². The highest BCUT2D eigenvalue weighted by molar-refractivity contribution is 6.31. The fourth-order valence-electron chi connectivity index (χ4n) is 3.38. The molecule has 3 aromatic rings. The zero-order valence-corrected chi connectivity index (χ0v) is 15.3. The van der Waals surface area contributed by atoms with E-state index in [4.69, 9.17) is 21.4 Å². The molecule has 25 heavy (non-hydrogen) atoms. The predicted molar refractivity (Wildman–Crippen MR) is 102 cm³/mol. The molecule has 2 heterocycles. The molecule has 0 bridgehead atoms. The van der Waals surface area contributed by atoms with E-state index in [1.807, 2.05) is 22.9 Å². The van der Waals surface area contributed by atoms with Gasteiger partial charge in [0.1, 0.15) is 17.3 Å². The molecule has 0 atom stereocenters. The molecule has 0 saturated carbocycles. The number of aryl methyl sites for hydroxylation is 2. The average molecular weight is 354 g/mol. The van der Waals surface area contributed by atoms with E-state index in [9.17, 15) is 0 Å². The van der Waals surface area contributed by atoms with Crippen molar-refractivity contribution in [3.05, 3.63) is 58.1 Å². The molecule has 1 aliphatic heterocycles. The SMILES string of the molecule is COc1ccc(Cl)cc1-c1nn(-c2cc(C)ccc2C)c2c1CCN2. The fraction of sp³-hybridized carbons (Fsp3) is 0.250. The standard InChI is InChI=1S/C20H20ClN3O/c1-12-4-5-13(2)17(10-12)24-20-15(8-9-22-20)19(23-24)16-11-14(21)6-7-18(16)25-3/h4-7,10-11,22H,8-9H2,1-3H3. The topological polar surface area (TPSA) is 39.1 Å². The van der Waals surface area contributed by atoms with Crippen LogP contribution in [0.2, 0.25) is 5.02 Å². The van der Waals surface area contributed by atoms with Crippen LogP contribution in [0.4, 0.5) is 5.82 Å². The van der Waals surface area contributed by atoms with Gasteiger partial charge in [-0.25, -0.2) is 4.68 Å². The van der Waals surface area contributed by atoms with E-state index in [0.717, 1.165) is 41.5 Å². The minimum Gasteiger partial charge on any atom is -0.496 e. The number of rotatable bonds is 3. The summed E-state index contributed by atoms with van der Waals surface area (Å²) in [6, 6.07) is 12.1. The van der Waals surface area contributed by atoms with Gasteiger partial charge in [-0.05, 0) is 55.7 Å². The number of anilines is 1. The molecule has 5 heteroatoms. The van der Waals surface area contributed by atoms with Crippen molar-refractivity contribution < 1.29 is 4.74 Å². The second-order valence-electron chi connectivity index (χ2n) is 6.40. The first-order valence-corrected chi connectivity index (χ1v) is 8.73. The molecule has 0 amide bonds. The monoisotopic (exact) mass is 353 g/mol. The van der Waals surface area contributed by atoms with Crippen LogP contribution in [0.3, 0.4) is 0 Å². The van der Waals surface area contributed by atoms with Gasteiger partial charge in [0.15, 0.2) is 0 Å². The number of hydrogen-bond acceptors (Lipinski definition) is 3. The maximum atomic E-state index is 6.24. The lowest BCUT2D eigenvalue weighted by Crippen LogP contribution is -2.06. The number of fused-ring (bicyclic) bond motifs is 1. The smallest absolute Gasteiger partial charge is 0.133 e. The molecule has 0 radical (unpaired) electrons. The average Bonchev–Trinajstić information content (AvgIpc) is 3.19. The van der Waals surface area contributed by atoms with E-state index < -0.39 is 0 Å². The Balaban J connectivity index is 1.96. The van der Waals surface area contributed by atoms with Crippen molar-refractivity contribution in [2.75, 3.05) is 19.0 Å². The Hall–Kier alpha value is -2.46. The Labute approximate surface area is 152 Å². The molecule has 1 aliphatic rings. The third-order valence-corrected chi connectivity index (χ3v) is 4.90. The van der Waals surface area contributed by atoms with E-state index in [0.29, 0.717) is 5.02 Å². The van der Waals surface area contributed by atoms with Gasteiger partial charge >= 0.3 is 0 Å². The summed E-state index contributed by atoms with van der Waals surface area (Å²) in [6.45, 7) is 5.12. The maximum Gasteiger partial charge on any atom is 0.133 e. The highest BCUT2D eigenvalue weighted by Gasteiger charge is 2.26. The lowest BCUT2D eigenvalue weighted by atomic mass is 10.1. The zero-order valence-electron chi connectivity index (χ0n) is 14.6. The van der Waals surface area contributed by atoms with Gasteiger partial charge in [0, 0.05) is 22.7 Å². The van der Waals surface area contributed by atoms with Crippen LogP contribution in [0.5, 0.6) is 5.75 Å². The molecule has 0 aliphatic carbocycles. The highest BCUT2D eigenvalue weighted by atomic mass is 35.5. The van der Waals surface area contributed by atoms with Crippen molar-refractivity contribution >= 4 is 17.4 Å². The molecule has 0 unspecified atom stereocenters. The summed E-state index contributed by atoms with van der Waals surface area (Å²) in [5.41, 5.74) is 6.57. The van der Waals surface area contributed by atoms with Crippen molar-refractivity contribution in [3.8, 4) is 22.7 Å². The van der Waals surface area contributed by atoms with Gasteiger partial charge in [0.05, 0.1) is 12.8 Å². The normalized spacial score (nSPS) is 12.8. The third kappa shape index (κ3) is 2.67. The highest BCUT2D eigenvalue weighted by Crippen LogP contribution is 2.40. The van der Waals surface area contributed by atoms with Crippen molar-refractivity contribution in [3.63, 3.8) is 0 Å². The van der Waals surface area contributed by atoms with Crippen LogP contribution in [0.25, 0.3) is 16.9 Å². The molecular formula is C20H20ClN3O. The Bertz CT molecular complexity index is 962. The number of nitrogens with one attached hydrogen (secondary N) is 1. The Kier molecular flexibility index (Phi) is 3.92. The number of hydrogen-bond donors (Lipinski definition) is 1. The van der Waals surface area contributed by atoms with Crippen LogP contribution in [0.1, 0.15) is 16.7 Å². The van der Waals surface area contributed by atoms with Crippen molar-refractivity contribution in [1.29, 1.82) is 0 Å². The second kappa shape index (κ2) is 6.12. The van der Waals surface area contributed by atoms with E-state index >= 15 is 0 Å². The number of methoxy groups -OCH3 is 1. The van der Waals surface area contributed by atoms with Gasteiger partial charge in [0.25, 0.3) is 0 Å². The van der Waals surface area contributed by atoms with Crippen LogP contribution in [0, 0.1) is 13.8 Å². The number of ether oxygens (including phenoxy) is 1. The Morgan fingerprint density at radius 2 is 2.00 bits per heavy atom. The molecule has 0 fully saturated rings. The van der Waals surface area contributed by atoms with Gasteiger partial charge in [-0.1, -0.05) is 23.7 Å². The van der Waals surface area contributed by atoms with E-state index in [2.05, 4.69) is 37.4 Å². The Morgan fingerprint density at radius 3 is 2.80 bits per heavy atom. The first-order chi connectivity index (χ1) is 12.1. The van der Waals surface area contributed by atoms with Crippen LogP contribution in [-0.2, 0) is 6.42 Å². The lowest BCUT2D eigenvalue weighted by Gasteiger charge is -2.11. The van der Waals surface area contributed by atoms with Crippen LogP contribution in [0.15, 0.2) is 36.4 Å². The van der Waals surface area contributed by atoms with Gasteiger partial charge in [-0.15, -0.1) is 0 Å². The van der Waals surface area contributed by atoms with Gasteiger partial charge in [-0.2, -0.15) is 5.10 Å². The van der Waals surface area contributed by atoms with E-state index in [-0.39, 0.29) is 0 Å². The molecule has 1 N–H and O–H groups in total. The Morgan fingerprint density at radius 1 is 1.16 bits per heavy atom. The molecule has 2 aromatic carbocycles. The summed E-state index contributed by atoms with van der Waals surface area (Å²) in [5.74, 6) is 1.84. The summed E-state index contributed by atoms with van der Waals surface area (Å²) in [4.78, 5) is 0. The quantitative estimate of drug-likeness (QED) is 0.736. The predicted octanol–water partition coefficient (Wildman–Crippen LogP) is 4.79. The van der Waals surface area contributed by atoms with Crippen molar-refractivity contribution in [2.24, 2.45) is 0 Å². The third-order valence-electron chi connectivity index (χ3n) is 4.66. The fourth-order valence-corrected chi connectivity index (χ4v) is 3.55. The molecule has 4 nitrogen and oxygen atoms in total. The van der Waals surface area contributed by atoms with Crippen molar-refractivity contribution in [1.82, 2.24) is 9.78 Å². The van der Waals surface area contributed by atoms with Gasteiger partial charge in [-0.3, -0.25) is 0 Å². The van der Waals surface area contributed by atoms with Crippen LogP contribution in [-0.4, -0.2) is 23.4 Å². The number of aromatic nitrogens is 2. The second-order valence-corrected chi connectivity index (χ2v) is 6.84. The zero-order chi connectivity index (χ0) is 17.6. The van der Waals surface area contributed by atoms with E-state index in [1.54, 1.807) is 7.11 Å². The minimum absolute atomic E-state index is 0.678. The molecule has 0 saturated heterocycles. The molecule has 4 rings (SSSR count). The van der Waals surface area contributed by atoms with Crippen LogP contribution < -0.4 is 10.1 Å². The van der Waals surface area contributed by atoms with E-state index in [1.165, 1.54) is 16.7 Å². The summed E-state index contributed by atoms with van der Waals surface area (Å²) >= 11 is 6.24. The molecule has 1 aromatic heterocycles. The van der Waals surface area contributed by atoms with Gasteiger partial charge in [0.2, 0.25) is 0 Å². The van der Waals surface area contributed by atoms with Gasteiger partial charge < -0.3 is 10.1 Å². The number of halogens is 1. The first-order valence-electron chi connectivity index (χ1n) is 8.36.